The lowest BCUT2D eigenvalue weighted by Crippen LogP contribution is -2.29. The van der Waals surface area contributed by atoms with Gasteiger partial charge in [-0.15, -0.1) is 0 Å². The Morgan fingerprint density at radius 3 is 2.70 bits per heavy atom. The van der Waals surface area contributed by atoms with Crippen LogP contribution >= 0.6 is 11.8 Å². The minimum atomic E-state index is -4.96. The van der Waals surface area contributed by atoms with Gasteiger partial charge in [-0.3, -0.25) is 14.6 Å². The van der Waals surface area contributed by atoms with Gasteiger partial charge in [0.25, 0.3) is 5.91 Å². The molecule has 9 heteroatoms. The molecular formula is C18H18F3N3O2S. The molecule has 2 N–H and O–H groups in total. The molecule has 0 spiro atoms. The highest BCUT2D eigenvalue weighted by atomic mass is 32.2. The standard InChI is InChI=1S/C18H18F3N3O2S/c19-18(20,21)16(26)22-13-8-4-5-11(9-13)10-14-15(25)24-17(27-14)23-12-6-2-1-3-7-12/h4-5,8-10,12H,1-3,6-7H2,(H,22,26)(H,23,24,25)/b14-10-. The van der Waals surface area contributed by atoms with Gasteiger partial charge >= 0.3 is 12.1 Å². The topological polar surface area (TPSA) is 70.6 Å². The van der Waals surface area contributed by atoms with E-state index in [-0.39, 0.29) is 17.6 Å². The van der Waals surface area contributed by atoms with Crippen LogP contribution in [0.4, 0.5) is 18.9 Å². The molecule has 1 saturated carbocycles. The quantitative estimate of drug-likeness (QED) is 0.755. The normalized spacial score (nSPS) is 21.5. The highest BCUT2D eigenvalue weighted by molar-refractivity contribution is 8.18. The molecule has 0 radical (unpaired) electrons. The molecule has 1 saturated heterocycles. The number of rotatable bonds is 3. The van der Waals surface area contributed by atoms with Crippen LogP contribution in [0.3, 0.4) is 0 Å². The maximum atomic E-state index is 12.4. The van der Waals surface area contributed by atoms with Gasteiger partial charge in [0.05, 0.1) is 10.9 Å². The largest absolute Gasteiger partial charge is 0.471 e. The molecule has 1 aliphatic carbocycles. The molecule has 1 aliphatic heterocycles. The number of nitrogens with one attached hydrogen (secondary N) is 2. The highest BCUT2D eigenvalue weighted by Crippen LogP contribution is 2.29. The summed E-state index contributed by atoms with van der Waals surface area (Å²) in [5.74, 6) is -2.33. The molecule has 2 fully saturated rings. The van der Waals surface area contributed by atoms with Crippen LogP contribution in [-0.2, 0) is 9.59 Å². The lowest BCUT2D eigenvalue weighted by atomic mass is 9.96. The number of nitrogens with zero attached hydrogens (tertiary/aromatic N) is 1. The minimum Gasteiger partial charge on any atom is -0.318 e. The summed E-state index contributed by atoms with van der Waals surface area (Å²) in [6.07, 6.45) is 2.12. The lowest BCUT2D eigenvalue weighted by molar-refractivity contribution is -0.167. The Balaban J connectivity index is 1.71. The van der Waals surface area contributed by atoms with Crippen molar-refractivity contribution in [2.45, 2.75) is 44.3 Å². The van der Waals surface area contributed by atoms with E-state index in [1.807, 2.05) is 0 Å². The van der Waals surface area contributed by atoms with Crippen molar-refractivity contribution in [2.24, 2.45) is 4.99 Å². The third-order valence-corrected chi connectivity index (χ3v) is 5.15. The third-order valence-electron chi connectivity index (χ3n) is 4.23. The van der Waals surface area contributed by atoms with Crippen molar-refractivity contribution >= 4 is 40.5 Å². The lowest BCUT2D eigenvalue weighted by Gasteiger charge is -2.17. The number of anilines is 1. The molecule has 1 aromatic rings. The molecule has 27 heavy (non-hydrogen) atoms. The van der Waals surface area contributed by atoms with Gasteiger partial charge in [-0.05, 0) is 48.4 Å². The summed E-state index contributed by atoms with van der Waals surface area (Å²) in [5.41, 5.74) is 0.512. The van der Waals surface area contributed by atoms with Crippen molar-refractivity contribution in [3.05, 3.63) is 34.7 Å². The molecule has 5 nitrogen and oxygen atoms in total. The zero-order valence-electron chi connectivity index (χ0n) is 14.3. The van der Waals surface area contributed by atoms with Crippen LogP contribution in [0.25, 0.3) is 6.08 Å². The molecule has 0 bridgehead atoms. The van der Waals surface area contributed by atoms with Gasteiger partial charge in [-0.2, -0.15) is 13.2 Å². The molecule has 144 valence electrons. The number of amidine groups is 1. The van der Waals surface area contributed by atoms with Gasteiger partial charge in [-0.1, -0.05) is 31.4 Å². The Bertz CT molecular complexity index is 799. The Labute approximate surface area is 158 Å². The van der Waals surface area contributed by atoms with Crippen LogP contribution in [0.15, 0.2) is 34.2 Å². The van der Waals surface area contributed by atoms with E-state index in [0.717, 1.165) is 25.7 Å². The van der Waals surface area contributed by atoms with Crippen molar-refractivity contribution in [1.82, 2.24) is 5.32 Å². The molecule has 0 aromatic heterocycles. The fourth-order valence-electron chi connectivity index (χ4n) is 2.92. The SMILES string of the molecule is O=C1NC(=NC2CCCCC2)S/C1=C\c1cccc(NC(=O)C(F)(F)F)c1. The number of hydrogen-bond acceptors (Lipinski definition) is 4. The second kappa shape index (κ2) is 8.16. The fourth-order valence-corrected chi connectivity index (χ4v) is 3.82. The van der Waals surface area contributed by atoms with Gasteiger partial charge in [-0.25, -0.2) is 0 Å². The molecule has 2 aliphatic rings. The number of benzene rings is 1. The van der Waals surface area contributed by atoms with Crippen LogP contribution in [0.1, 0.15) is 37.7 Å². The maximum Gasteiger partial charge on any atom is 0.471 e. The smallest absolute Gasteiger partial charge is 0.318 e. The van der Waals surface area contributed by atoms with Crippen LogP contribution in [0, 0.1) is 0 Å². The Morgan fingerprint density at radius 2 is 2.00 bits per heavy atom. The Morgan fingerprint density at radius 1 is 1.26 bits per heavy atom. The van der Waals surface area contributed by atoms with Gasteiger partial charge in [0, 0.05) is 5.69 Å². The van der Waals surface area contributed by atoms with Crippen LogP contribution in [0.2, 0.25) is 0 Å². The molecule has 1 aromatic carbocycles. The summed E-state index contributed by atoms with van der Waals surface area (Å²) in [7, 11) is 0. The Hall–Kier alpha value is -2.29. The first-order valence-electron chi connectivity index (χ1n) is 8.58. The van der Waals surface area contributed by atoms with E-state index in [9.17, 15) is 22.8 Å². The van der Waals surface area contributed by atoms with Crippen molar-refractivity contribution in [1.29, 1.82) is 0 Å². The number of aliphatic imine (C=N–C) groups is 1. The third kappa shape index (κ3) is 5.35. The Kier molecular flexibility index (Phi) is 5.88. The summed E-state index contributed by atoms with van der Waals surface area (Å²) < 4.78 is 37.1. The summed E-state index contributed by atoms with van der Waals surface area (Å²) in [4.78, 5) is 28.2. The average Bonchev–Trinajstić information content (AvgIpc) is 2.94. The molecule has 0 unspecified atom stereocenters. The predicted octanol–water partition coefficient (Wildman–Crippen LogP) is 4.08. The van der Waals surface area contributed by atoms with Crippen molar-refractivity contribution in [2.75, 3.05) is 5.32 Å². The second-order valence-corrected chi connectivity index (χ2v) is 7.40. The van der Waals surface area contributed by atoms with Crippen LogP contribution < -0.4 is 10.6 Å². The van der Waals surface area contributed by atoms with E-state index < -0.39 is 12.1 Å². The monoisotopic (exact) mass is 397 g/mol. The molecule has 2 amide bonds. The van der Waals surface area contributed by atoms with E-state index in [1.54, 1.807) is 17.5 Å². The molecule has 0 atom stereocenters. The van der Waals surface area contributed by atoms with Crippen molar-refractivity contribution in [3.63, 3.8) is 0 Å². The van der Waals surface area contributed by atoms with E-state index in [1.165, 1.54) is 36.4 Å². The number of thioether (sulfide) groups is 1. The molecule has 1 heterocycles. The highest BCUT2D eigenvalue weighted by Gasteiger charge is 2.38. The number of carbonyl (C=O) groups is 2. The van der Waals surface area contributed by atoms with Gasteiger partial charge in [0.15, 0.2) is 5.17 Å². The van der Waals surface area contributed by atoms with Crippen molar-refractivity contribution < 1.29 is 22.8 Å². The van der Waals surface area contributed by atoms with Gasteiger partial charge in [0.2, 0.25) is 0 Å². The fraction of sp³-hybridized carbons (Fsp3) is 0.389. The molecular weight excluding hydrogens is 379 g/mol. The van der Waals surface area contributed by atoms with Gasteiger partial charge in [0.1, 0.15) is 0 Å². The first-order valence-corrected chi connectivity index (χ1v) is 9.40. The average molecular weight is 397 g/mol. The number of carbonyl (C=O) groups excluding carboxylic acids is 2. The molecule has 3 rings (SSSR count). The number of hydrogen-bond donors (Lipinski definition) is 2. The zero-order chi connectivity index (χ0) is 19.4. The summed E-state index contributed by atoms with van der Waals surface area (Å²) >= 11 is 1.21. The second-order valence-electron chi connectivity index (χ2n) is 6.37. The summed E-state index contributed by atoms with van der Waals surface area (Å²) in [6, 6.07) is 6.10. The zero-order valence-corrected chi connectivity index (χ0v) is 15.1. The first kappa shape index (κ1) is 19.5. The number of alkyl halides is 3. The van der Waals surface area contributed by atoms with E-state index in [0.29, 0.717) is 15.6 Å². The summed E-state index contributed by atoms with van der Waals surface area (Å²) in [6.45, 7) is 0. The predicted molar refractivity (Wildman–Crippen MR) is 99.1 cm³/mol. The van der Waals surface area contributed by atoms with Crippen molar-refractivity contribution in [3.8, 4) is 0 Å². The van der Waals surface area contributed by atoms with E-state index in [2.05, 4.69) is 10.3 Å². The van der Waals surface area contributed by atoms with Gasteiger partial charge < -0.3 is 10.6 Å². The van der Waals surface area contributed by atoms with E-state index >= 15 is 0 Å². The van der Waals surface area contributed by atoms with E-state index in [4.69, 9.17) is 0 Å². The maximum absolute atomic E-state index is 12.4. The minimum absolute atomic E-state index is 0.00572. The number of halogens is 3. The first-order chi connectivity index (χ1) is 12.8. The van der Waals surface area contributed by atoms with Crippen LogP contribution in [-0.4, -0.2) is 29.2 Å². The van der Waals surface area contributed by atoms with Crippen LogP contribution in [0.5, 0.6) is 0 Å². The number of amides is 2. The summed E-state index contributed by atoms with van der Waals surface area (Å²) in [5, 5.41) is 5.08.